The van der Waals surface area contributed by atoms with Gasteiger partial charge in [-0.25, -0.2) is 4.79 Å². The summed E-state index contributed by atoms with van der Waals surface area (Å²) in [7, 11) is 1.59. The Kier molecular flexibility index (Phi) is 5.84. The Morgan fingerprint density at radius 2 is 2.10 bits per heavy atom. The third-order valence-electron chi connectivity index (χ3n) is 2.79. The molecule has 1 rings (SSSR count). The van der Waals surface area contributed by atoms with Crippen LogP contribution in [0.15, 0.2) is 24.5 Å². The summed E-state index contributed by atoms with van der Waals surface area (Å²) in [6, 6.07) is 2.77. The normalized spacial score (nSPS) is 12.6. The van der Waals surface area contributed by atoms with Gasteiger partial charge in [0.25, 0.3) is 0 Å². The van der Waals surface area contributed by atoms with E-state index in [0.717, 1.165) is 0 Å². The SMILES string of the molecule is CN(CCC(=O)C(N)c1cccnc1)C(=O)OC(C)(C)C. The Morgan fingerprint density at radius 3 is 2.62 bits per heavy atom. The molecule has 0 fully saturated rings. The van der Waals surface area contributed by atoms with Gasteiger partial charge in [-0.05, 0) is 32.4 Å². The minimum atomic E-state index is -0.717. The number of carbonyl (C=O) groups excluding carboxylic acids is 2. The first-order chi connectivity index (χ1) is 9.70. The van der Waals surface area contributed by atoms with Gasteiger partial charge in [-0.2, -0.15) is 0 Å². The van der Waals surface area contributed by atoms with Gasteiger partial charge in [-0.15, -0.1) is 0 Å². The number of nitrogens with zero attached hydrogens (tertiary/aromatic N) is 2. The van der Waals surface area contributed by atoms with E-state index in [4.69, 9.17) is 10.5 Å². The second-order valence-corrected chi connectivity index (χ2v) is 5.88. The fraction of sp³-hybridized carbons (Fsp3) is 0.533. The van der Waals surface area contributed by atoms with Crippen molar-refractivity contribution in [3.63, 3.8) is 0 Å². The van der Waals surface area contributed by atoms with Crippen LogP contribution >= 0.6 is 0 Å². The number of rotatable bonds is 5. The summed E-state index contributed by atoms with van der Waals surface area (Å²) in [5.41, 5.74) is 5.99. The predicted octanol–water partition coefficient (Wildman–Crippen LogP) is 1.91. The molecule has 0 saturated carbocycles. The minimum absolute atomic E-state index is 0.140. The summed E-state index contributed by atoms with van der Waals surface area (Å²) in [6.45, 7) is 5.65. The van der Waals surface area contributed by atoms with Crippen LogP contribution in [0.2, 0.25) is 0 Å². The highest BCUT2D eigenvalue weighted by molar-refractivity contribution is 5.85. The van der Waals surface area contributed by atoms with Crippen LogP contribution in [-0.2, 0) is 9.53 Å². The quantitative estimate of drug-likeness (QED) is 0.896. The van der Waals surface area contributed by atoms with E-state index < -0.39 is 17.7 Å². The number of aromatic nitrogens is 1. The van der Waals surface area contributed by atoms with E-state index in [1.54, 1.807) is 52.3 Å². The molecule has 1 aromatic rings. The second-order valence-electron chi connectivity index (χ2n) is 5.88. The van der Waals surface area contributed by atoms with Crippen molar-refractivity contribution in [2.75, 3.05) is 13.6 Å². The zero-order valence-electron chi connectivity index (χ0n) is 13.0. The van der Waals surface area contributed by atoms with Gasteiger partial charge in [-0.3, -0.25) is 9.78 Å². The molecular weight excluding hydrogens is 270 g/mol. The Hall–Kier alpha value is -1.95. The molecule has 1 aromatic heterocycles. The topological polar surface area (TPSA) is 85.5 Å². The lowest BCUT2D eigenvalue weighted by molar-refractivity contribution is -0.120. The lowest BCUT2D eigenvalue weighted by Gasteiger charge is -2.24. The number of pyridine rings is 1. The third kappa shape index (κ3) is 5.91. The number of ketones is 1. The summed E-state index contributed by atoms with van der Waals surface area (Å²) in [5.74, 6) is -0.140. The number of nitrogens with two attached hydrogens (primary N) is 1. The van der Waals surface area contributed by atoms with E-state index in [2.05, 4.69) is 4.98 Å². The first-order valence-corrected chi connectivity index (χ1v) is 6.83. The number of hydrogen-bond acceptors (Lipinski definition) is 5. The Bertz CT molecular complexity index is 483. The number of Topliss-reactive ketones (excluding diaryl/α,β-unsaturated/α-hetero) is 1. The molecule has 1 heterocycles. The molecule has 0 spiro atoms. The van der Waals surface area contributed by atoms with Gasteiger partial charge in [0, 0.05) is 32.4 Å². The molecule has 21 heavy (non-hydrogen) atoms. The van der Waals surface area contributed by atoms with Crippen molar-refractivity contribution in [1.29, 1.82) is 0 Å². The largest absolute Gasteiger partial charge is 0.444 e. The lowest BCUT2D eigenvalue weighted by Crippen LogP contribution is -2.36. The van der Waals surface area contributed by atoms with Crippen LogP contribution in [0.1, 0.15) is 38.8 Å². The van der Waals surface area contributed by atoms with E-state index in [9.17, 15) is 9.59 Å². The highest BCUT2D eigenvalue weighted by Gasteiger charge is 2.21. The predicted molar refractivity (Wildman–Crippen MR) is 79.7 cm³/mol. The van der Waals surface area contributed by atoms with Crippen LogP contribution in [0.4, 0.5) is 4.79 Å². The number of ether oxygens (including phenoxy) is 1. The maximum Gasteiger partial charge on any atom is 0.410 e. The van der Waals surface area contributed by atoms with Crippen molar-refractivity contribution in [2.45, 2.75) is 38.8 Å². The molecular formula is C15H23N3O3. The van der Waals surface area contributed by atoms with Gasteiger partial charge in [0.2, 0.25) is 0 Å². The molecule has 0 radical (unpaired) electrons. The van der Waals surface area contributed by atoms with Crippen molar-refractivity contribution in [3.05, 3.63) is 30.1 Å². The van der Waals surface area contributed by atoms with Crippen LogP contribution in [-0.4, -0.2) is 41.0 Å². The van der Waals surface area contributed by atoms with Gasteiger partial charge in [-0.1, -0.05) is 6.07 Å². The van der Waals surface area contributed by atoms with Crippen LogP contribution < -0.4 is 5.73 Å². The van der Waals surface area contributed by atoms with E-state index in [1.807, 2.05) is 0 Å². The molecule has 1 atom stereocenters. The zero-order chi connectivity index (χ0) is 16.0. The molecule has 0 aliphatic rings. The molecule has 0 saturated heterocycles. The number of hydrogen-bond donors (Lipinski definition) is 1. The summed E-state index contributed by atoms with van der Waals surface area (Å²) >= 11 is 0. The smallest absolute Gasteiger partial charge is 0.410 e. The first kappa shape index (κ1) is 17.1. The van der Waals surface area contributed by atoms with E-state index in [1.165, 1.54) is 4.90 Å². The maximum absolute atomic E-state index is 12.0. The van der Waals surface area contributed by atoms with Crippen LogP contribution in [0, 0.1) is 0 Å². The Morgan fingerprint density at radius 1 is 1.43 bits per heavy atom. The molecule has 0 aliphatic carbocycles. The fourth-order valence-electron chi connectivity index (χ4n) is 1.61. The summed E-state index contributed by atoms with van der Waals surface area (Å²) < 4.78 is 5.21. The maximum atomic E-state index is 12.0. The van der Waals surface area contributed by atoms with Gasteiger partial charge in [0.15, 0.2) is 5.78 Å². The molecule has 6 heteroatoms. The van der Waals surface area contributed by atoms with Crippen molar-refractivity contribution in [2.24, 2.45) is 5.73 Å². The molecule has 0 aliphatic heterocycles. The van der Waals surface area contributed by atoms with E-state index >= 15 is 0 Å². The van der Waals surface area contributed by atoms with E-state index in [0.29, 0.717) is 5.56 Å². The standard InChI is InChI=1S/C15H23N3O3/c1-15(2,3)21-14(20)18(4)9-7-12(19)13(16)11-6-5-8-17-10-11/h5-6,8,10,13H,7,9,16H2,1-4H3. The fourth-order valence-corrected chi connectivity index (χ4v) is 1.61. The first-order valence-electron chi connectivity index (χ1n) is 6.83. The molecule has 0 bridgehead atoms. The summed E-state index contributed by atoms with van der Waals surface area (Å²) in [4.78, 5) is 29.1. The lowest BCUT2D eigenvalue weighted by atomic mass is 10.0. The monoisotopic (exact) mass is 293 g/mol. The Labute approximate surface area is 125 Å². The Balaban J connectivity index is 2.47. The van der Waals surface area contributed by atoms with Gasteiger partial charge >= 0.3 is 6.09 Å². The number of amides is 1. The van der Waals surface area contributed by atoms with Crippen molar-refractivity contribution < 1.29 is 14.3 Å². The van der Waals surface area contributed by atoms with Crippen LogP contribution in [0.3, 0.4) is 0 Å². The molecule has 2 N–H and O–H groups in total. The van der Waals surface area contributed by atoms with Crippen molar-refractivity contribution >= 4 is 11.9 Å². The van der Waals surface area contributed by atoms with Crippen LogP contribution in [0.5, 0.6) is 0 Å². The third-order valence-corrected chi connectivity index (χ3v) is 2.79. The highest BCUT2D eigenvalue weighted by atomic mass is 16.6. The summed E-state index contributed by atoms with van der Waals surface area (Å²) in [5, 5.41) is 0. The van der Waals surface area contributed by atoms with Gasteiger partial charge in [0.1, 0.15) is 5.60 Å². The number of carbonyl (C=O) groups is 2. The zero-order valence-corrected chi connectivity index (χ0v) is 13.0. The van der Waals surface area contributed by atoms with Gasteiger partial charge in [0.05, 0.1) is 6.04 Å². The average Bonchev–Trinajstić information content (AvgIpc) is 2.42. The van der Waals surface area contributed by atoms with Crippen molar-refractivity contribution in [3.8, 4) is 0 Å². The molecule has 1 unspecified atom stereocenters. The van der Waals surface area contributed by atoms with E-state index in [-0.39, 0.29) is 18.7 Å². The van der Waals surface area contributed by atoms with Gasteiger partial charge < -0.3 is 15.4 Å². The summed E-state index contributed by atoms with van der Waals surface area (Å²) in [6.07, 6.45) is 2.91. The molecule has 0 aromatic carbocycles. The highest BCUT2D eigenvalue weighted by Crippen LogP contribution is 2.12. The average molecular weight is 293 g/mol. The van der Waals surface area contributed by atoms with Crippen molar-refractivity contribution in [1.82, 2.24) is 9.88 Å². The molecule has 6 nitrogen and oxygen atoms in total. The molecule has 1 amide bonds. The second kappa shape index (κ2) is 7.17. The van der Waals surface area contributed by atoms with Crippen LogP contribution in [0.25, 0.3) is 0 Å². The minimum Gasteiger partial charge on any atom is -0.444 e. The molecule has 116 valence electrons.